The average Bonchev–Trinajstić information content (AvgIpc) is 2.62. The quantitative estimate of drug-likeness (QED) is 0.787. The van der Waals surface area contributed by atoms with Crippen molar-refractivity contribution in [2.45, 2.75) is 6.54 Å². The minimum absolute atomic E-state index is 0.00441. The van der Waals surface area contributed by atoms with Crippen LogP contribution >= 0.6 is 15.9 Å². The van der Waals surface area contributed by atoms with E-state index < -0.39 is 9.84 Å². The van der Waals surface area contributed by atoms with E-state index in [2.05, 4.69) is 26.2 Å². The van der Waals surface area contributed by atoms with Crippen LogP contribution in [0.4, 0.5) is 10.2 Å². The van der Waals surface area contributed by atoms with Crippen LogP contribution in [0.3, 0.4) is 0 Å². The Kier molecular flexibility index (Phi) is 5.57. The largest absolute Gasteiger partial charge is 0.366 e. The van der Waals surface area contributed by atoms with Crippen molar-refractivity contribution in [3.63, 3.8) is 0 Å². The second-order valence-electron chi connectivity index (χ2n) is 5.98. The summed E-state index contributed by atoms with van der Waals surface area (Å²) in [5, 5.41) is 3.07. The first-order chi connectivity index (χ1) is 12.3. The van der Waals surface area contributed by atoms with Crippen LogP contribution in [0.15, 0.2) is 41.0 Å². The molecule has 1 aromatic heterocycles. The lowest BCUT2D eigenvalue weighted by molar-refractivity contribution is 0.0770. The normalized spacial score (nSPS) is 16.3. The van der Waals surface area contributed by atoms with Gasteiger partial charge in [0.25, 0.3) is 5.91 Å². The third-order valence-electron chi connectivity index (χ3n) is 4.10. The molecule has 138 valence electrons. The first-order valence-corrected chi connectivity index (χ1v) is 10.6. The molecule has 1 amide bonds. The molecule has 0 saturated carbocycles. The molecule has 1 aliphatic heterocycles. The summed E-state index contributed by atoms with van der Waals surface area (Å²) in [6.45, 7) is 0.807. The molecule has 0 atom stereocenters. The van der Waals surface area contributed by atoms with Crippen LogP contribution in [-0.2, 0) is 16.4 Å². The van der Waals surface area contributed by atoms with Crippen LogP contribution in [0.25, 0.3) is 0 Å². The van der Waals surface area contributed by atoms with Gasteiger partial charge >= 0.3 is 0 Å². The van der Waals surface area contributed by atoms with E-state index in [1.54, 1.807) is 24.3 Å². The zero-order valence-electron chi connectivity index (χ0n) is 13.8. The molecule has 3 rings (SSSR count). The van der Waals surface area contributed by atoms with Gasteiger partial charge in [-0.3, -0.25) is 4.79 Å². The lowest BCUT2D eigenvalue weighted by atomic mass is 10.2. The van der Waals surface area contributed by atoms with Crippen molar-refractivity contribution in [1.82, 2.24) is 9.88 Å². The molecular formula is C17H17BrFN3O3S. The van der Waals surface area contributed by atoms with E-state index in [0.29, 0.717) is 22.4 Å². The highest BCUT2D eigenvalue weighted by Gasteiger charge is 2.25. The Morgan fingerprint density at radius 1 is 1.23 bits per heavy atom. The van der Waals surface area contributed by atoms with Crippen LogP contribution in [-0.4, -0.2) is 48.8 Å². The molecule has 2 heterocycles. The lowest BCUT2D eigenvalue weighted by Crippen LogP contribution is -2.43. The Balaban J connectivity index is 1.59. The number of hydrogen-bond donors (Lipinski definition) is 1. The summed E-state index contributed by atoms with van der Waals surface area (Å²) in [6, 6.07) is 8.17. The Hall–Kier alpha value is -2.00. The number of nitrogens with one attached hydrogen (secondary N) is 1. The van der Waals surface area contributed by atoms with Gasteiger partial charge in [0.05, 0.1) is 21.5 Å². The number of hydrogen-bond acceptors (Lipinski definition) is 5. The van der Waals surface area contributed by atoms with Gasteiger partial charge in [0.2, 0.25) is 0 Å². The number of carbonyl (C=O) groups is 1. The molecule has 2 aromatic rings. The minimum Gasteiger partial charge on any atom is -0.366 e. The number of nitrogens with zero attached hydrogens (tertiary/aromatic N) is 2. The fourth-order valence-corrected chi connectivity index (χ4v) is 4.01. The van der Waals surface area contributed by atoms with Gasteiger partial charge < -0.3 is 10.2 Å². The van der Waals surface area contributed by atoms with Crippen molar-refractivity contribution >= 4 is 37.5 Å². The predicted octanol–water partition coefficient (Wildman–Crippen LogP) is 2.47. The molecule has 1 aromatic carbocycles. The smallest absolute Gasteiger partial charge is 0.255 e. The van der Waals surface area contributed by atoms with Gasteiger partial charge in [-0.05, 0) is 45.8 Å². The summed E-state index contributed by atoms with van der Waals surface area (Å²) in [5.41, 5.74) is 1.17. The molecule has 1 aliphatic rings. The number of rotatable bonds is 4. The number of halogens is 2. The topological polar surface area (TPSA) is 79.4 Å². The number of amides is 1. The summed E-state index contributed by atoms with van der Waals surface area (Å²) < 4.78 is 36.8. The van der Waals surface area contributed by atoms with Crippen LogP contribution in [0.2, 0.25) is 0 Å². The van der Waals surface area contributed by atoms with Crippen molar-refractivity contribution in [2.75, 3.05) is 29.9 Å². The Labute approximate surface area is 159 Å². The number of sulfone groups is 1. The van der Waals surface area contributed by atoms with Crippen LogP contribution in [0.1, 0.15) is 15.9 Å². The third kappa shape index (κ3) is 4.59. The van der Waals surface area contributed by atoms with E-state index in [1.807, 2.05) is 0 Å². The van der Waals surface area contributed by atoms with Crippen molar-refractivity contribution in [1.29, 1.82) is 0 Å². The van der Waals surface area contributed by atoms with E-state index in [-0.39, 0.29) is 36.3 Å². The van der Waals surface area contributed by atoms with Gasteiger partial charge in [-0.2, -0.15) is 0 Å². The average molecular weight is 442 g/mol. The fourth-order valence-electron chi connectivity index (χ4n) is 2.57. The van der Waals surface area contributed by atoms with E-state index in [1.165, 1.54) is 17.2 Å². The zero-order chi connectivity index (χ0) is 18.7. The summed E-state index contributed by atoms with van der Waals surface area (Å²) in [5.74, 6) is -0.00717. The summed E-state index contributed by atoms with van der Waals surface area (Å²) >= 11 is 3.11. The Morgan fingerprint density at radius 3 is 2.58 bits per heavy atom. The molecule has 1 saturated heterocycles. The maximum atomic E-state index is 13.5. The lowest BCUT2D eigenvalue weighted by Gasteiger charge is -2.26. The number of carbonyl (C=O) groups excluding carboxylic acids is 1. The second-order valence-corrected chi connectivity index (χ2v) is 9.14. The van der Waals surface area contributed by atoms with E-state index in [4.69, 9.17) is 0 Å². The summed E-state index contributed by atoms with van der Waals surface area (Å²) in [6.07, 6.45) is 1.45. The van der Waals surface area contributed by atoms with E-state index in [0.717, 1.165) is 5.56 Å². The third-order valence-corrected chi connectivity index (χ3v) is 6.35. The molecule has 1 fully saturated rings. The van der Waals surface area contributed by atoms with E-state index in [9.17, 15) is 17.6 Å². The SMILES string of the molecule is O=C(c1ccc(NCc2ccc(Br)c(F)c2)nc1)N1CCS(=O)(=O)CC1. The Morgan fingerprint density at radius 2 is 1.96 bits per heavy atom. The number of benzene rings is 1. The fraction of sp³-hybridized carbons (Fsp3) is 0.294. The number of aromatic nitrogens is 1. The predicted molar refractivity (Wildman–Crippen MR) is 100 cm³/mol. The van der Waals surface area contributed by atoms with Gasteiger partial charge in [-0.1, -0.05) is 6.07 Å². The first kappa shape index (κ1) is 18.8. The first-order valence-electron chi connectivity index (χ1n) is 7.98. The van der Waals surface area contributed by atoms with Crippen molar-refractivity contribution in [3.8, 4) is 0 Å². The van der Waals surface area contributed by atoms with Crippen molar-refractivity contribution in [3.05, 3.63) is 57.9 Å². The maximum absolute atomic E-state index is 13.5. The highest BCUT2D eigenvalue weighted by molar-refractivity contribution is 9.10. The van der Waals surface area contributed by atoms with Gasteiger partial charge in [-0.25, -0.2) is 17.8 Å². The van der Waals surface area contributed by atoms with Gasteiger partial charge in [0.1, 0.15) is 11.6 Å². The van der Waals surface area contributed by atoms with Gasteiger partial charge in [0.15, 0.2) is 9.84 Å². The maximum Gasteiger partial charge on any atom is 0.255 e. The molecule has 0 unspecified atom stereocenters. The highest BCUT2D eigenvalue weighted by atomic mass is 79.9. The van der Waals surface area contributed by atoms with Crippen LogP contribution in [0, 0.1) is 5.82 Å². The molecular weight excluding hydrogens is 425 g/mol. The highest BCUT2D eigenvalue weighted by Crippen LogP contribution is 2.17. The summed E-state index contributed by atoms with van der Waals surface area (Å²) in [4.78, 5) is 18.1. The monoisotopic (exact) mass is 441 g/mol. The van der Waals surface area contributed by atoms with Crippen LogP contribution < -0.4 is 5.32 Å². The number of anilines is 1. The van der Waals surface area contributed by atoms with Crippen molar-refractivity contribution in [2.24, 2.45) is 0 Å². The van der Waals surface area contributed by atoms with Crippen LogP contribution in [0.5, 0.6) is 0 Å². The van der Waals surface area contributed by atoms with E-state index >= 15 is 0 Å². The van der Waals surface area contributed by atoms with Gasteiger partial charge in [0, 0.05) is 25.8 Å². The minimum atomic E-state index is -3.03. The molecule has 1 N–H and O–H groups in total. The molecule has 0 radical (unpaired) electrons. The molecule has 26 heavy (non-hydrogen) atoms. The van der Waals surface area contributed by atoms with Gasteiger partial charge in [-0.15, -0.1) is 0 Å². The standard InChI is InChI=1S/C17H17BrFN3O3S/c18-14-3-1-12(9-15(14)19)10-20-16-4-2-13(11-21-16)17(23)22-5-7-26(24,25)8-6-22/h1-4,9,11H,5-8,10H2,(H,20,21). The molecule has 0 bridgehead atoms. The van der Waals surface area contributed by atoms with Crippen molar-refractivity contribution < 1.29 is 17.6 Å². The molecule has 9 heteroatoms. The number of pyridine rings is 1. The molecule has 0 spiro atoms. The Bertz CT molecular complexity index is 905. The zero-order valence-corrected chi connectivity index (χ0v) is 16.2. The molecule has 0 aliphatic carbocycles. The summed E-state index contributed by atoms with van der Waals surface area (Å²) in [7, 11) is -3.03. The molecule has 6 nitrogen and oxygen atoms in total. The second kappa shape index (κ2) is 7.71.